The summed E-state index contributed by atoms with van der Waals surface area (Å²) in [6, 6.07) is 10.7. The zero-order valence-electron chi connectivity index (χ0n) is 15.5. The van der Waals surface area contributed by atoms with Crippen molar-refractivity contribution >= 4 is 10.0 Å². The molecule has 3 aromatic rings. The van der Waals surface area contributed by atoms with Crippen LogP contribution in [-0.4, -0.2) is 29.8 Å². The third kappa shape index (κ3) is 4.35. The van der Waals surface area contributed by atoms with Crippen LogP contribution < -0.4 is 9.46 Å². The lowest BCUT2D eigenvalue weighted by atomic mass is 10.2. The maximum Gasteiger partial charge on any atom is 0.244 e. The summed E-state index contributed by atoms with van der Waals surface area (Å²) < 4.78 is 35.4. The molecule has 3 rings (SSSR count). The molecule has 1 N–H and O–H groups in total. The number of nitrogens with one attached hydrogen (secondary N) is 1. The molecule has 7 nitrogen and oxygen atoms in total. The number of aromatic nitrogens is 3. The van der Waals surface area contributed by atoms with E-state index in [1.54, 1.807) is 29.2 Å². The largest absolute Gasteiger partial charge is 0.492 e. The van der Waals surface area contributed by atoms with Crippen molar-refractivity contribution in [2.75, 3.05) is 6.61 Å². The van der Waals surface area contributed by atoms with Gasteiger partial charge in [-0.15, -0.1) is 0 Å². The van der Waals surface area contributed by atoms with Crippen molar-refractivity contribution in [3.05, 3.63) is 60.0 Å². The molecule has 8 heteroatoms. The standard InChI is InChI=1S/C19H22N4O3S/c1-4-26-18-6-5-14(2)11-19(18)27(24,25)21-13-16-12-17(23(3)22-16)15-7-9-20-10-8-15/h5-12,21H,4,13H2,1-3H3. The third-order valence-electron chi connectivity index (χ3n) is 4.04. The topological polar surface area (TPSA) is 86.1 Å². The molecule has 0 bridgehead atoms. The lowest BCUT2D eigenvalue weighted by molar-refractivity contribution is 0.331. The maximum absolute atomic E-state index is 12.8. The van der Waals surface area contributed by atoms with Crippen molar-refractivity contribution in [3.8, 4) is 17.0 Å². The van der Waals surface area contributed by atoms with Gasteiger partial charge in [0.15, 0.2) is 0 Å². The Morgan fingerprint density at radius 3 is 2.59 bits per heavy atom. The van der Waals surface area contributed by atoms with E-state index in [1.807, 2.05) is 45.2 Å². The predicted molar refractivity (Wildman–Crippen MR) is 103 cm³/mol. The van der Waals surface area contributed by atoms with Crippen molar-refractivity contribution in [1.29, 1.82) is 0 Å². The van der Waals surface area contributed by atoms with Gasteiger partial charge in [-0.1, -0.05) is 6.07 Å². The van der Waals surface area contributed by atoms with Crippen LogP contribution in [-0.2, 0) is 23.6 Å². The second-order valence-electron chi connectivity index (χ2n) is 6.09. The van der Waals surface area contributed by atoms with Gasteiger partial charge in [0.1, 0.15) is 10.6 Å². The van der Waals surface area contributed by atoms with Gasteiger partial charge in [0.2, 0.25) is 10.0 Å². The average molecular weight is 386 g/mol. The van der Waals surface area contributed by atoms with Crippen molar-refractivity contribution in [3.63, 3.8) is 0 Å². The molecule has 0 unspecified atom stereocenters. The molecule has 0 fully saturated rings. The van der Waals surface area contributed by atoms with E-state index < -0.39 is 10.0 Å². The highest BCUT2D eigenvalue weighted by atomic mass is 32.2. The second kappa shape index (κ2) is 7.89. The molecule has 0 radical (unpaired) electrons. The van der Waals surface area contributed by atoms with Crippen molar-refractivity contribution in [2.45, 2.75) is 25.3 Å². The summed E-state index contributed by atoms with van der Waals surface area (Å²) in [5.41, 5.74) is 3.32. The summed E-state index contributed by atoms with van der Waals surface area (Å²) in [6.45, 7) is 4.13. The average Bonchev–Trinajstić information content (AvgIpc) is 3.03. The number of aryl methyl sites for hydroxylation is 2. The third-order valence-corrected chi connectivity index (χ3v) is 5.46. The Morgan fingerprint density at radius 1 is 1.15 bits per heavy atom. The lowest BCUT2D eigenvalue weighted by Gasteiger charge is -2.12. The minimum absolute atomic E-state index is 0.0841. The molecule has 0 aliphatic rings. The number of hydrogen-bond donors (Lipinski definition) is 1. The summed E-state index contributed by atoms with van der Waals surface area (Å²) in [5, 5.41) is 4.40. The lowest BCUT2D eigenvalue weighted by Crippen LogP contribution is -2.24. The summed E-state index contributed by atoms with van der Waals surface area (Å²) >= 11 is 0. The highest BCUT2D eigenvalue weighted by molar-refractivity contribution is 7.89. The minimum atomic E-state index is -3.74. The molecule has 142 valence electrons. The Morgan fingerprint density at radius 2 is 1.89 bits per heavy atom. The van der Waals surface area contributed by atoms with Gasteiger partial charge < -0.3 is 4.74 Å². The van der Waals surface area contributed by atoms with Gasteiger partial charge in [0, 0.05) is 25.0 Å². The highest BCUT2D eigenvalue weighted by Gasteiger charge is 2.20. The fourth-order valence-corrected chi connectivity index (χ4v) is 3.98. The zero-order valence-corrected chi connectivity index (χ0v) is 16.3. The van der Waals surface area contributed by atoms with Gasteiger partial charge in [0.25, 0.3) is 0 Å². The second-order valence-corrected chi connectivity index (χ2v) is 7.82. The molecular weight excluding hydrogens is 364 g/mol. The number of pyridine rings is 1. The summed E-state index contributed by atoms with van der Waals surface area (Å²) in [7, 11) is -1.92. The van der Waals surface area contributed by atoms with Crippen molar-refractivity contribution in [1.82, 2.24) is 19.5 Å². The fraction of sp³-hybridized carbons (Fsp3) is 0.263. The molecule has 0 atom stereocenters. The number of ether oxygens (including phenoxy) is 1. The number of sulfonamides is 1. The Hall–Kier alpha value is -2.71. The smallest absolute Gasteiger partial charge is 0.244 e. The van der Waals surface area contributed by atoms with Crippen molar-refractivity contribution < 1.29 is 13.2 Å². The predicted octanol–water partition coefficient (Wildman–Crippen LogP) is 2.67. The number of nitrogens with zero attached hydrogens (tertiary/aromatic N) is 3. The van der Waals surface area contributed by atoms with E-state index in [1.165, 1.54) is 0 Å². The van der Waals surface area contributed by atoms with Gasteiger partial charge >= 0.3 is 0 Å². The molecule has 2 heterocycles. The minimum Gasteiger partial charge on any atom is -0.492 e. The summed E-state index contributed by atoms with van der Waals surface area (Å²) in [6.07, 6.45) is 3.41. The van der Waals surface area contributed by atoms with E-state index in [-0.39, 0.29) is 11.4 Å². The molecule has 0 amide bonds. The van der Waals surface area contributed by atoms with Gasteiger partial charge in [-0.25, -0.2) is 13.1 Å². The number of hydrogen-bond acceptors (Lipinski definition) is 5. The first-order valence-electron chi connectivity index (χ1n) is 8.57. The van der Waals surface area contributed by atoms with Crippen LogP contribution in [0.15, 0.2) is 53.7 Å². The van der Waals surface area contributed by atoms with Gasteiger partial charge in [-0.3, -0.25) is 9.67 Å². The van der Waals surface area contributed by atoms with E-state index in [4.69, 9.17) is 4.74 Å². The molecule has 27 heavy (non-hydrogen) atoms. The number of benzene rings is 1. The SMILES string of the molecule is CCOc1ccc(C)cc1S(=O)(=O)NCc1cc(-c2ccncc2)n(C)n1. The Balaban J connectivity index is 1.82. The monoisotopic (exact) mass is 386 g/mol. The molecule has 2 aromatic heterocycles. The van der Waals surface area contributed by atoms with E-state index in [9.17, 15) is 8.42 Å². The number of rotatable bonds is 7. The Labute approximate surface area is 159 Å². The molecule has 0 saturated carbocycles. The Kier molecular flexibility index (Phi) is 5.57. The molecule has 0 aliphatic heterocycles. The van der Waals surface area contributed by atoms with Crippen LogP contribution >= 0.6 is 0 Å². The zero-order chi connectivity index (χ0) is 19.4. The van der Waals surface area contributed by atoms with Crippen LogP contribution in [0.3, 0.4) is 0 Å². The maximum atomic E-state index is 12.8. The van der Waals surface area contributed by atoms with E-state index in [0.29, 0.717) is 18.1 Å². The van der Waals surface area contributed by atoms with Crippen LogP contribution in [0.25, 0.3) is 11.3 Å². The quantitative estimate of drug-likeness (QED) is 0.675. The van der Waals surface area contributed by atoms with E-state index >= 15 is 0 Å². The van der Waals surface area contributed by atoms with Crippen LogP contribution in [0.5, 0.6) is 5.75 Å². The van der Waals surface area contributed by atoms with Crippen LogP contribution in [0.2, 0.25) is 0 Å². The van der Waals surface area contributed by atoms with Gasteiger partial charge in [-0.2, -0.15) is 5.10 Å². The molecule has 0 spiro atoms. The molecule has 1 aromatic carbocycles. The molecular formula is C19H22N4O3S. The van der Waals surface area contributed by atoms with E-state index in [0.717, 1.165) is 16.8 Å². The highest BCUT2D eigenvalue weighted by Crippen LogP contribution is 2.25. The summed E-state index contributed by atoms with van der Waals surface area (Å²) in [4.78, 5) is 4.14. The van der Waals surface area contributed by atoms with Gasteiger partial charge in [-0.05, 0) is 49.7 Å². The van der Waals surface area contributed by atoms with Crippen LogP contribution in [0.4, 0.5) is 0 Å². The normalized spacial score (nSPS) is 11.5. The first kappa shape index (κ1) is 19.1. The molecule has 0 aliphatic carbocycles. The van der Waals surface area contributed by atoms with Crippen LogP contribution in [0, 0.1) is 6.92 Å². The first-order chi connectivity index (χ1) is 12.9. The fourth-order valence-electron chi connectivity index (χ4n) is 2.75. The first-order valence-corrected chi connectivity index (χ1v) is 10.1. The van der Waals surface area contributed by atoms with Gasteiger partial charge in [0.05, 0.1) is 24.5 Å². The van der Waals surface area contributed by atoms with E-state index in [2.05, 4.69) is 14.8 Å². The Bertz CT molecular complexity index is 1030. The summed E-state index contributed by atoms with van der Waals surface area (Å²) in [5.74, 6) is 0.342. The molecule has 0 saturated heterocycles. The van der Waals surface area contributed by atoms with Crippen molar-refractivity contribution in [2.24, 2.45) is 7.05 Å². The van der Waals surface area contributed by atoms with Crippen LogP contribution in [0.1, 0.15) is 18.2 Å².